The maximum Gasteiger partial charge on any atom is 0.269 e. The quantitative estimate of drug-likeness (QED) is 0.251. The van der Waals surface area contributed by atoms with Gasteiger partial charge in [-0.25, -0.2) is 16.8 Å². The Labute approximate surface area is 252 Å². The van der Waals surface area contributed by atoms with Gasteiger partial charge in [0.2, 0.25) is 0 Å². The number of halogens is 2. The number of fused-ring (bicyclic) bond motifs is 1. The molecule has 0 saturated carbocycles. The van der Waals surface area contributed by atoms with Gasteiger partial charge < -0.3 is 0 Å². The van der Waals surface area contributed by atoms with Gasteiger partial charge in [0.1, 0.15) is 4.90 Å². The van der Waals surface area contributed by atoms with E-state index in [0.717, 1.165) is 17.7 Å². The number of hydrogen-bond acceptors (Lipinski definition) is 6. The average molecular weight is 646 g/mol. The molecule has 4 aromatic rings. The maximum absolute atomic E-state index is 13.5. The Balaban J connectivity index is 1.29. The number of nitrogens with zero attached hydrogens (tertiary/aromatic N) is 1. The van der Waals surface area contributed by atoms with Crippen LogP contribution >= 0.6 is 23.2 Å². The first-order valence-corrected chi connectivity index (χ1v) is 16.0. The van der Waals surface area contributed by atoms with E-state index in [9.17, 15) is 26.4 Å². The molecule has 2 amide bonds. The van der Waals surface area contributed by atoms with E-state index >= 15 is 0 Å². The van der Waals surface area contributed by atoms with Crippen molar-refractivity contribution in [2.75, 3.05) is 15.6 Å². The number of sulfonamides is 2. The molecule has 0 atom stereocenters. The monoisotopic (exact) mass is 644 g/mol. The van der Waals surface area contributed by atoms with Gasteiger partial charge in [-0.2, -0.15) is 0 Å². The summed E-state index contributed by atoms with van der Waals surface area (Å²) in [6.07, 6.45) is 0.540. The van der Waals surface area contributed by atoms with Crippen molar-refractivity contribution in [2.45, 2.75) is 16.2 Å². The van der Waals surface area contributed by atoms with Crippen LogP contribution < -0.4 is 19.9 Å². The highest BCUT2D eigenvalue weighted by atomic mass is 35.5. The number of carbonyl (C=O) groups excluding carboxylic acids is 2. The number of anilines is 2. The fourth-order valence-electron chi connectivity index (χ4n) is 4.35. The Kier molecular flexibility index (Phi) is 8.15. The summed E-state index contributed by atoms with van der Waals surface area (Å²) in [4.78, 5) is 25.1. The lowest BCUT2D eigenvalue weighted by Crippen LogP contribution is -2.41. The van der Waals surface area contributed by atoms with Crippen molar-refractivity contribution in [3.63, 3.8) is 0 Å². The fraction of sp³-hybridized carbons (Fsp3) is 0.0714. The summed E-state index contributed by atoms with van der Waals surface area (Å²) in [6, 6.07) is 22.1. The fourth-order valence-corrected chi connectivity index (χ4v) is 7.64. The third kappa shape index (κ3) is 6.07. The zero-order valence-corrected chi connectivity index (χ0v) is 24.7. The van der Waals surface area contributed by atoms with E-state index in [4.69, 9.17) is 23.2 Å². The summed E-state index contributed by atoms with van der Waals surface area (Å²) in [5.74, 6) is -1.62. The van der Waals surface area contributed by atoms with Gasteiger partial charge in [-0.1, -0.05) is 53.5 Å². The molecule has 4 aromatic carbocycles. The van der Waals surface area contributed by atoms with Crippen LogP contribution in [0.25, 0.3) is 0 Å². The highest BCUT2D eigenvalue weighted by Crippen LogP contribution is 2.35. The zero-order valence-electron chi connectivity index (χ0n) is 21.5. The Morgan fingerprint density at radius 3 is 2.17 bits per heavy atom. The van der Waals surface area contributed by atoms with E-state index in [1.54, 1.807) is 24.3 Å². The van der Waals surface area contributed by atoms with Crippen LogP contribution in [0.5, 0.6) is 0 Å². The lowest BCUT2D eigenvalue weighted by Gasteiger charge is -2.20. The predicted molar refractivity (Wildman–Crippen MR) is 160 cm³/mol. The highest BCUT2D eigenvalue weighted by molar-refractivity contribution is 7.93. The summed E-state index contributed by atoms with van der Waals surface area (Å²) in [5.41, 5.74) is 5.95. The van der Waals surface area contributed by atoms with Crippen LogP contribution in [0.1, 0.15) is 26.3 Å². The Hall–Kier alpha value is -4.10. The number of rotatable bonds is 7. The number of benzene rings is 4. The third-order valence-electron chi connectivity index (χ3n) is 6.38. The highest BCUT2D eigenvalue weighted by Gasteiger charge is 2.32. The first-order valence-electron chi connectivity index (χ1n) is 12.3. The molecule has 0 saturated heterocycles. The van der Waals surface area contributed by atoms with Crippen molar-refractivity contribution in [3.05, 3.63) is 118 Å². The van der Waals surface area contributed by atoms with E-state index in [-0.39, 0.29) is 38.2 Å². The second-order valence-electron chi connectivity index (χ2n) is 9.15. The lowest BCUT2D eigenvalue weighted by atomic mass is 10.2. The molecular formula is C28H22Cl2N4O6S2. The average Bonchev–Trinajstić information content (AvgIpc) is 3.41. The first kappa shape index (κ1) is 29.4. The SMILES string of the molecule is O=C(NNC(=O)c1ccc(Cl)c(S(=O)(=O)N2CCc3ccccc32)c1)c1cccc(S(=O)(=O)Nc2cccc(Cl)c2)c1. The van der Waals surface area contributed by atoms with Gasteiger partial charge in [-0.3, -0.25) is 29.5 Å². The lowest BCUT2D eigenvalue weighted by molar-refractivity contribution is 0.0846. The number of hydrazine groups is 1. The van der Waals surface area contributed by atoms with Crippen LogP contribution in [-0.2, 0) is 26.5 Å². The van der Waals surface area contributed by atoms with Crippen molar-refractivity contribution >= 4 is 66.4 Å². The van der Waals surface area contributed by atoms with Gasteiger partial charge in [0.25, 0.3) is 31.9 Å². The van der Waals surface area contributed by atoms with E-state index in [2.05, 4.69) is 15.6 Å². The summed E-state index contributed by atoms with van der Waals surface area (Å²) in [6.45, 7) is 0.230. The molecule has 0 aromatic heterocycles. The standard InChI is InChI=1S/C28H22Cl2N4O6S2/c29-21-7-4-8-22(17-21)33-41(37,38)23-9-3-6-19(15-23)27(35)31-32-28(36)20-11-12-24(30)26(16-20)42(39,40)34-14-13-18-5-1-2-10-25(18)34/h1-12,15-17,33H,13-14H2,(H,31,35)(H,32,36). The molecule has 0 aliphatic carbocycles. The van der Waals surface area contributed by atoms with Crippen molar-refractivity contribution in [1.29, 1.82) is 0 Å². The second kappa shape index (κ2) is 11.6. The molecule has 0 bridgehead atoms. The zero-order chi connectivity index (χ0) is 30.1. The smallest absolute Gasteiger partial charge is 0.269 e. The summed E-state index contributed by atoms with van der Waals surface area (Å²) < 4.78 is 56.2. The molecule has 0 spiro atoms. The minimum atomic E-state index is -4.09. The van der Waals surface area contributed by atoms with E-state index in [1.807, 2.05) is 12.1 Å². The third-order valence-corrected chi connectivity index (χ3v) is 10.3. The molecule has 216 valence electrons. The molecule has 0 unspecified atom stereocenters. The second-order valence-corrected chi connectivity index (χ2v) is 13.5. The number of nitrogens with one attached hydrogen (secondary N) is 3. The number of amides is 2. The molecule has 14 heteroatoms. The van der Waals surface area contributed by atoms with Crippen LogP contribution in [0.4, 0.5) is 11.4 Å². The van der Waals surface area contributed by atoms with Crippen LogP contribution in [0.15, 0.2) is 101 Å². The number of para-hydroxylation sites is 1. The number of hydrogen-bond donors (Lipinski definition) is 3. The van der Waals surface area contributed by atoms with Crippen LogP contribution in [0.3, 0.4) is 0 Å². The van der Waals surface area contributed by atoms with Gasteiger partial charge in [0.15, 0.2) is 0 Å². The molecule has 42 heavy (non-hydrogen) atoms. The molecule has 10 nitrogen and oxygen atoms in total. The minimum Gasteiger partial charge on any atom is -0.280 e. The van der Waals surface area contributed by atoms with Crippen molar-refractivity contribution in [3.8, 4) is 0 Å². The Bertz CT molecular complexity index is 1930. The van der Waals surface area contributed by atoms with Gasteiger partial charge in [-0.05, 0) is 72.6 Å². The van der Waals surface area contributed by atoms with Crippen molar-refractivity contribution in [2.24, 2.45) is 0 Å². The predicted octanol–water partition coefficient (Wildman–Crippen LogP) is 4.62. The van der Waals surface area contributed by atoms with Crippen molar-refractivity contribution < 1.29 is 26.4 Å². The molecule has 3 N–H and O–H groups in total. The Morgan fingerprint density at radius 1 is 0.738 bits per heavy atom. The molecule has 1 heterocycles. The molecule has 1 aliphatic rings. The van der Waals surface area contributed by atoms with E-state index in [1.165, 1.54) is 46.8 Å². The number of carbonyl (C=O) groups is 2. The Morgan fingerprint density at radius 2 is 1.43 bits per heavy atom. The van der Waals surface area contributed by atoms with E-state index in [0.29, 0.717) is 17.1 Å². The van der Waals surface area contributed by atoms with Crippen LogP contribution in [0.2, 0.25) is 10.0 Å². The van der Waals surface area contributed by atoms with Gasteiger partial charge in [0.05, 0.1) is 21.3 Å². The molecular weight excluding hydrogens is 623 g/mol. The summed E-state index contributed by atoms with van der Waals surface area (Å²) in [7, 11) is -8.15. The minimum absolute atomic E-state index is 0.0589. The molecule has 5 rings (SSSR count). The normalized spacial score (nSPS) is 12.9. The molecule has 0 radical (unpaired) electrons. The topological polar surface area (TPSA) is 142 Å². The molecule has 1 aliphatic heterocycles. The van der Waals surface area contributed by atoms with Crippen LogP contribution in [0, 0.1) is 0 Å². The first-order chi connectivity index (χ1) is 20.0. The van der Waals surface area contributed by atoms with Crippen LogP contribution in [-0.4, -0.2) is 35.2 Å². The summed E-state index contributed by atoms with van der Waals surface area (Å²) in [5, 5.41) is 0.273. The van der Waals surface area contributed by atoms with Crippen molar-refractivity contribution in [1.82, 2.24) is 10.9 Å². The maximum atomic E-state index is 13.5. The summed E-state index contributed by atoms with van der Waals surface area (Å²) >= 11 is 12.2. The van der Waals surface area contributed by atoms with Gasteiger partial charge >= 0.3 is 0 Å². The molecule has 0 fully saturated rings. The van der Waals surface area contributed by atoms with Gasteiger partial charge in [0, 0.05) is 22.7 Å². The largest absolute Gasteiger partial charge is 0.280 e. The van der Waals surface area contributed by atoms with Gasteiger partial charge in [-0.15, -0.1) is 0 Å². The van der Waals surface area contributed by atoms with E-state index < -0.39 is 31.9 Å².